The van der Waals surface area contributed by atoms with Crippen LogP contribution < -0.4 is 10.1 Å². The summed E-state index contributed by atoms with van der Waals surface area (Å²) >= 11 is 0. The Bertz CT molecular complexity index is 822. The van der Waals surface area contributed by atoms with Crippen molar-refractivity contribution in [1.29, 1.82) is 0 Å². The molecule has 1 amide bonds. The van der Waals surface area contributed by atoms with Crippen LogP contribution >= 0.6 is 0 Å². The van der Waals surface area contributed by atoms with Crippen molar-refractivity contribution in [2.75, 3.05) is 5.32 Å². The molecule has 0 aliphatic heterocycles. The largest absolute Gasteiger partial charge is 0.457 e. The van der Waals surface area contributed by atoms with Gasteiger partial charge in [-0.2, -0.15) is 5.10 Å². The van der Waals surface area contributed by atoms with Gasteiger partial charge in [-0.1, -0.05) is 12.1 Å². The van der Waals surface area contributed by atoms with Gasteiger partial charge in [0.1, 0.15) is 11.5 Å². The zero-order valence-corrected chi connectivity index (χ0v) is 13.0. The van der Waals surface area contributed by atoms with E-state index in [4.69, 9.17) is 4.74 Å². The zero-order chi connectivity index (χ0) is 16.2. The van der Waals surface area contributed by atoms with E-state index in [0.29, 0.717) is 11.3 Å². The maximum absolute atomic E-state index is 12.0. The number of carbonyl (C=O) groups is 1. The fourth-order valence-corrected chi connectivity index (χ4v) is 2.16. The number of carbonyl (C=O) groups excluding carboxylic acids is 1. The van der Waals surface area contributed by atoms with E-state index < -0.39 is 0 Å². The van der Waals surface area contributed by atoms with Gasteiger partial charge in [-0.25, -0.2) is 0 Å². The van der Waals surface area contributed by atoms with E-state index in [-0.39, 0.29) is 5.91 Å². The topological polar surface area (TPSA) is 56.1 Å². The maximum atomic E-state index is 12.0. The summed E-state index contributed by atoms with van der Waals surface area (Å²) in [5, 5.41) is 6.81. The molecule has 0 aliphatic carbocycles. The molecule has 0 atom stereocenters. The Balaban J connectivity index is 1.66. The van der Waals surface area contributed by atoms with Gasteiger partial charge in [0, 0.05) is 18.9 Å². The maximum Gasteiger partial charge on any atom is 0.258 e. The van der Waals surface area contributed by atoms with Crippen LogP contribution in [0.1, 0.15) is 15.9 Å². The summed E-state index contributed by atoms with van der Waals surface area (Å²) in [5.41, 5.74) is 2.37. The van der Waals surface area contributed by atoms with Gasteiger partial charge in [0.2, 0.25) is 0 Å². The molecule has 2 aromatic carbocycles. The average molecular weight is 307 g/mol. The Morgan fingerprint density at radius 2 is 1.91 bits per heavy atom. The van der Waals surface area contributed by atoms with Crippen LogP contribution in [0.4, 0.5) is 5.69 Å². The Morgan fingerprint density at radius 1 is 1.13 bits per heavy atom. The number of nitrogens with one attached hydrogen (secondary N) is 1. The third-order valence-corrected chi connectivity index (χ3v) is 3.30. The van der Waals surface area contributed by atoms with E-state index in [9.17, 15) is 4.79 Å². The van der Waals surface area contributed by atoms with Crippen LogP contribution in [-0.4, -0.2) is 15.7 Å². The van der Waals surface area contributed by atoms with Gasteiger partial charge in [-0.3, -0.25) is 9.48 Å². The second kappa shape index (κ2) is 6.36. The molecular weight excluding hydrogens is 290 g/mol. The molecule has 1 aromatic heterocycles. The molecule has 116 valence electrons. The lowest BCUT2D eigenvalue weighted by molar-refractivity contribution is 0.102. The minimum Gasteiger partial charge on any atom is -0.457 e. The summed E-state index contributed by atoms with van der Waals surface area (Å²) in [5.74, 6) is 1.32. The van der Waals surface area contributed by atoms with Crippen LogP contribution in [0.25, 0.3) is 0 Å². The first-order chi connectivity index (χ1) is 11.1. The highest BCUT2D eigenvalue weighted by atomic mass is 16.5. The molecule has 0 spiro atoms. The van der Waals surface area contributed by atoms with E-state index in [1.54, 1.807) is 30.1 Å². The molecule has 23 heavy (non-hydrogen) atoms. The summed E-state index contributed by atoms with van der Waals surface area (Å²) in [6.07, 6.45) is 3.20. The van der Waals surface area contributed by atoms with Crippen LogP contribution in [0, 0.1) is 6.92 Å². The Morgan fingerprint density at radius 3 is 2.57 bits per heavy atom. The van der Waals surface area contributed by atoms with Gasteiger partial charge in [0.15, 0.2) is 0 Å². The highest BCUT2D eigenvalue weighted by Crippen LogP contribution is 2.23. The van der Waals surface area contributed by atoms with Crippen LogP contribution in [0.2, 0.25) is 0 Å². The lowest BCUT2D eigenvalue weighted by Gasteiger charge is -2.08. The van der Waals surface area contributed by atoms with Crippen LogP contribution in [0.3, 0.4) is 0 Å². The lowest BCUT2D eigenvalue weighted by atomic mass is 10.2. The third kappa shape index (κ3) is 3.77. The number of amides is 1. The molecule has 0 bridgehead atoms. The first-order valence-corrected chi connectivity index (χ1v) is 7.25. The number of nitrogens with zero attached hydrogens (tertiary/aromatic N) is 2. The SMILES string of the molecule is Cc1cccc(Oc2ccc(NC(=O)c3cnn(C)c3)cc2)c1. The first kappa shape index (κ1) is 14.8. The van der Waals surface area contributed by atoms with Crippen LogP contribution in [-0.2, 0) is 7.05 Å². The van der Waals surface area contributed by atoms with Gasteiger partial charge < -0.3 is 10.1 Å². The minimum absolute atomic E-state index is 0.189. The number of aromatic nitrogens is 2. The van der Waals surface area contributed by atoms with Crippen molar-refractivity contribution in [1.82, 2.24) is 9.78 Å². The van der Waals surface area contributed by atoms with Crippen molar-refractivity contribution in [2.45, 2.75) is 6.92 Å². The molecule has 1 N–H and O–H groups in total. The monoisotopic (exact) mass is 307 g/mol. The summed E-state index contributed by atoms with van der Waals surface area (Å²) in [4.78, 5) is 12.0. The molecule has 0 aliphatic rings. The van der Waals surface area contributed by atoms with Gasteiger partial charge in [-0.05, 0) is 48.9 Å². The van der Waals surface area contributed by atoms with Crippen molar-refractivity contribution < 1.29 is 9.53 Å². The molecule has 0 unspecified atom stereocenters. The molecule has 0 fully saturated rings. The van der Waals surface area contributed by atoms with Crippen molar-refractivity contribution in [3.05, 3.63) is 72.1 Å². The number of hydrogen-bond acceptors (Lipinski definition) is 3. The van der Waals surface area contributed by atoms with Crippen molar-refractivity contribution in [3.8, 4) is 11.5 Å². The molecule has 3 aromatic rings. The number of benzene rings is 2. The zero-order valence-electron chi connectivity index (χ0n) is 13.0. The van der Waals surface area contributed by atoms with Gasteiger partial charge >= 0.3 is 0 Å². The molecule has 1 heterocycles. The average Bonchev–Trinajstić information content (AvgIpc) is 2.96. The summed E-state index contributed by atoms with van der Waals surface area (Å²) < 4.78 is 7.37. The number of hydrogen-bond donors (Lipinski definition) is 1. The van der Waals surface area contributed by atoms with Crippen molar-refractivity contribution >= 4 is 11.6 Å². The highest BCUT2D eigenvalue weighted by molar-refractivity contribution is 6.03. The Kier molecular flexibility index (Phi) is 4.10. The smallest absolute Gasteiger partial charge is 0.258 e. The van der Waals surface area contributed by atoms with E-state index in [2.05, 4.69) is 10.4 Å². The second-order valence-corrected chi connectivity index (χ2v) is 5.30. The van der Waals surface area contributed by atoms with Gasteiger partial charge in [-0.15, -0.1) is 0 Å². The lowest BCUT2D eigenvalue weighted by Crippen LogP contribution is -2.10. The quantitative estimate of drug-likeness (QED) is 0.798. The van der Waals surface area contributed by atoms with E-state index >= 15 is 0 Å². The van der Waals surface area contributed by atoms with Crippen LogP contribution in [0.15, 0.2) is 60.9 Å². The second-order valence-electron chi connectivity index (χ2n) is 5.30. The van der Waals surface area contributed by atoms with E-state index in [1.807, 2.05) is 43.3 Å². The molecule has 5 nitrogen and oxygen atoms in total. The number of rotatable bonds is 4. The first-order valence-electron chi connectivity index (χ1n) is 7.25. The summed E-state index contributed by atoms with van der Waals surface area (Å²) in [6.45, 7) is 2.02. The molecule has 0 saturated heterocycles. The number of anilines is 1. The van der Waals surface area contributed by atoms with Crippen LogP contribution in [0.5, 0.6) is 11.5 Å². The van der Waals surface area contributed by atoms with Crippen molar-refractivity contribution in [3.63, 3.8) is 0 Å². The molecule has 0 radical (unpaired) electrons. The molecule has 3 rings (SSSR count). The molecule has 0 saturated carbocycles. The van der Waals surface area contributed by atoms with E-state index in [1.165, 1.54) is 6.20 Å². The number of ether oxygens (including phenoxy) is 1. The predicted molar refractivity (Wildman–Crippen MR) is 88.9 cm³/mol. The third-order valence-electron chi connectivity index (χ3n) is 3.30. The molecule has 5 heteroatoms. The molecular formula is C18H17N3O2. The van der Waals surface area contributed by atoms with E-state index in [0.717, 1.165) is 17.1 Å². The standard InChI is InChI=1S/C18H17N3O2/c1-13-4-3-5-17(10-13)23-16-8-6-15(7-9-16)20-18(22)14-11-19-21(2)12-14/h3-12H,1-2H3,(H,20,22). The summed E-state index contributed by atoms with van der Waals surface area (Å²) in [7, 11) is 1.77. The van der Waals surface area contributed by atoms with Gasteiger partial charge in [0.05, 0.1) is 11.8 Å². The Labute approximate surface area is 134 Å². The number of aryl methyl sites for hydroxylation is 2. The van der Waals surface area contributed by atoms with Crippen molar-refractivity contribution in [2.24, 2.45) is 7.05 Å². The Hall–Kier alpha value is -3.08. The normalized spacial score (nSPS) is 10.3. The summed E-state index contributed by atoms with van der Waals surface area (Å²) in [6, 6.07) is 15.1. The van der Waals surface area contributed by atoms with Gasteiger partial charge in [0.25, 0.3) is 5.91 Å². The fraction of sp³-hybridized carbons (Fsp3) is 0.111. The minimum atomic E-state index is -0.189. The predicted octanol–water partition coefficient (Wildman–Crippen LogP) is 3.77. The fourth-order valence-electron chi connectivity index (χ4n) is 2.16. The highest BCUT2D eigenvalue weighted by Gasteiger charge is 2.08.